The lowest BCUT2D eigenvalue weighted by Gasteiger charge is -2.38. The normalized spacial score (nSPS) is 28.2. The smallest absolute Gasteiger partial charge is 0.109 e. The van der Waals surface area contributed by atoms with Crippen LogP contribution in [0.4, 0.5) is 0 Å². The summed E-state index contributed by atoms with van der Waals surface area (Å²) < 4.78 is 5.27. The number of aliphatic hydroxyl groups is 2. The summed E-state index contributed by atoms with van der Waals surface area (Å²) in [4.78, 5) is 5.17. The van der Waals surface area contributed by atoms with E-state index in [9.17, 15) is 10.2 Å². The van der Waals surface area contributed by atoms with Crippen molar-refractivity contribution in [1.29, 1.82) is 0 Å². The van der Waals surface area contributed by atoms with E-state index in [0.717, 1.165) is 32.2 Å². The van der Waals surface area contributed by atoms with Gasteiger partial charge in [0.25, 0.3) is 0 Å². The van der Waals surface area contributed by atoms with Gasteiger partial charge in [-0.25, -0.2) is 5.84 Å². The number of ether oxygens (including phenoxy) is 1. The van der Waals surface area contributed by atoms with Crippen LogP contribution in [0.15, 0.2) is 18.0 Å². The molecule has 170 valence electrons. The van der Waals surface area contributed by atoms with Crippen molar-refractivity contribution in [3.8, 4) is 0 Å². The molecule has 2 saturated heterocycles. The molecule has 3 heterocycles. The van der Waals surface area contributed by atoms with Crippen LogP contribution in [-0.2, 0) is 17.6 Å². The lowest BCUT2D eigenvalue weighted by Crippen LogP contribution is -2.46. The van der Waals surface area contributed by atoms with Gasteiger partial charge in [0.1, 0.15) is 5.60 Å². The number of aliphatic hydroxyl groups excluding tert-OH is 1. The largest absolute Gasteiger partial charge is 0.400 e. The summed E-state index contributed by atoms with van der Waals surface area (Å²) in [7, 11) is 0. The van der Waals surface area contributed by atoms with Gasteiger partial charge < -0.3 is 25.7 Å². The molecule has 6 N–H and O–H groups in total. The maximum atomic E-state index is 10.4. The average molecular weight is 439 g/mol. The summed E-state index contributed by atoms with van der Waals surface area (Å²) in [5, 5.41) is 21.3. The molecule has 3 unspecified atom stereocenters. The molecule has 2 fully saturated rings. The van der Waals surface area contributed by atoms with Crippen LogP contribution in [0.2, 0.25) is 0 Å². The Hall–Kier alpha value is -1.16. The third-order valence-electron chi connectivity index (χ3n) is 6.31. The van der Waals surface area contributed by atoms with Gasteiger partial charge >= 0.3 is 0 Å². The summed E-state index contributed by atoms with van der Waals surface area (Å²) >= 11 is 1.86. The molecule has 0 saturated carbocycles. The molecule has 0 aliphatic carbocycles. The van der Waals surface area contributed by atoms with Crippen molar-refractivity contribution in [1.82, 2.24) is 9.91 Å². The first kappa shape index (κ1) is 23.5. The second-order valence-electron chi connectivity index (χ2n) is 8.86. The highest BCUT2D eigenvalue weighted by molar-refractivity contribution is 7.12. The third kappa shape index (κ3) is 5.96. The molecule has 2 aliphatic rings. The van der Waals surface area contributed by atoms with Crippen molar-refractivity contribution in [2.75, 3.05) is 39.5 Å². The number of hydrazine groups is 1. The number of hydrogen-bond acceptors (Lipinski definition) is 8. The highest BCUT2D eigenvalue weighted by Gasteiger charge is 2.33. The molecular formula is C22H38N4O3S. The first-order chi connectivity index (χ1) is 14.3. The quantitative estimate of drug-likeness (QED) is 0.342. The van der Waals surface area contributed by atoms with Gasteiger partial charge in [0.05, 0.1) is 13.2 Å². The van der Waals surface area contributed by atoms with Crippen molar-refractivity contribution in [3.63, 3.8) is 0 Å². The van der Waals surface area contributed by atoms with Gasteiger partial charge in [-0.1, -0.05) is 6.92 Å². The zero-order valence-corrected chi connectivity index (χ0v) is 19.2. The molecule has 3 atom stereocenters. The van der Waals surface area contributed by atoms with Crippen LogP contribution in [0.1, 0.15) is 54.3 Å². The van der Waals surface area contributed by atoms with Crippen molar-refractivity contribution in [2.24, 2.45) is 11.6 Å². The highest BCUT2D eigenvalue weighted by Crippen LogP contribution is 2.37. The molecule has 30 heavy (non-hydrogen) atoms. The van der Waals surface area contributed by atoms with Gasteiger partial charge in [0, 0.05) is 60.3 Å². The summed E-state index contributed by atoms with van der Waals surface area (Å²) in [5.74, 6) is 6.61. The number of likely N-dealkylation sites (tertiary alicyclic amines) is 1. The Morgan fingerprint density at radius 3 is 2.93 bits per heavy atom. The summed E-state index contributed by atoms with van der Waals surface area (Å²) in [5.41, 5.74) is 7.54. The Balaban J connectivity index is 1.55. The monoisotopic (exact) mass is 438 g/mol. The third-order valence-corrected chi connectivity index (χ3v) is 7.67. The first-order valence-electron chi connectivity index (χ1n) is 11.1. The number of rotatable bonds is 9. The van der Waals surface area contributed by atoms with Gasteiger partial charge in [0.2, 0.25) is 0 Å². The minimum Gasteiger partial charge on any atom is -0.400 e. The molecule has 0 aromatic carbocycles. The maximum Gasteiger partial charge on any atom is 0.109 e. The zero-order valence-electron chi connectivity index (χ0n) is 18.3. The maximum absolute atomic E-state index is 10.4. The highest BCUT2D eigenvalue weighted by atomic mass is 32.1. The van der Waals surface area contributed by atoms with E-state index in [1.54, 1.807) is 6.20 Å². The van der Waals surface area contributed by atoms with Crippen molar-refractivity contribution in [2.45, 2.75) is 63.5 Å². The van der Waals surface area contributed by atoms with Crippen LogP contribution < -0.4 is 11.6 Å². The molecule has 1 aromatic heterocycles. The zero-order chi connectivity index (χ0) is 21.7. The Labute approximate surface area is 184 Å². The summed E-state index contributed by atoms with van der Waals surface area (Å²) in [6.07, 6.45) is 6.33. The number of nitrogens with two attached hydrogens (primary N) is 2. The predicted octanol–water partition coefficient (Wildman–Crippen LogP) is 1.54. The molecule has 0 radical (unpaired) electrons. The molecule has 1 aromatic rings. The summed E-state index contributed by atoms with van der Waals surface area (Å²) in [6, 6.07) is 2.78. The second-order valence-corrected chi connectivity index (χ2v) is 10.1. The fourth-order valence-corrected chi connectivity index (χ4v) is 5.83. The van der Waals surface area contributed by atoms with Crippen molar-refractivity contribution >= 4 is 11.3 Å². The second kappa shape index (κ2) is 10.4. The molecular weight excluding hydrogens is 400 g/mol. The van der Waals surface area contributed by atoms with E-state index in [0.29, 0.717) is 50.4 Å². The Bertz CT molecular complexity index is 717. The van der Waals surface area contributed by atoms with Crippen LogP contribution in [0.25, 0.3) is 0 Å². The van der Waals surface area contributed by atoms with E-state index in [2.05, 4.69) is 24.8 Å². The van der Waals surface area contributed by atoms with E-state index in [1.165, 1.54) is 20.3 Å². The van der Waals surface area contributed by atoms with Crippen LogP contribution in [0, 0.1) is 0 Å². The number of piperidine rings is 1. The van der Waals surface area contributed by atoms with Gasteiger partial charge in [-0.05, 0) is 50.3 Å². The number of thiophene rings is 1. The van der Waals surface area contributed by atoms with E-state index in [-0.39, 0.29) is 6.61 Å². The van der Waals surface area contributed by atoms with Crippen LogP contribution in [0.5, 0.6) is 0 Å². The number of hydrogen-bond donors (Lipinski definition) is 4. The minimum absolute atomic E-state index is 0.212. The Kier molecular flexibility index (Phi) is 8.17. The van der Waals surface area contributed by atoms with Crippen molar-refractivity contribution < 1.29 is 14.9 Å². The topological polar surface area (TPSA) is 108 Å². The lowest BCUT2D eigenvalue weighted by atomic mass is 9.85. The number of aryl methyl sites for hydroxylation is 1. The van der Waals surface area contributed by atoms with Crippen LogP contribution in [-0.4, -0.2) is 71.2 Å². The summed E-state index contributed by atoms with van der Waals surface area (Å²) in [6.45, 7) is 7.52. The average Bonchev–Trinajstić information content (AvgIpc) is 3.29. The molecule has 3 rings (SSSR count). The Morgan fingerprint density at radius 1 is 1.50 bits per heavy atom. The van der Waals surface area contributed by atoms with Crippen LogP contribution in [0.3, 0.4) is 0 Å². The standard InChI is InChI=1S/C22H38N4O3S/c1-3-19-11-20(21(30-19)5-8-27)17-4-7-25(16(2)10-17)12-18(23)13-26(24)14-22(28)6-9-29-15-22/h11,13,16-17,27-28H,3-10,12,14-15,23-24H2,1-2H3/b18-13-. The fraction of sp³-hybridized carbons (Fsp3) is 0.727. The van der Waals surface area contributed by atoms with Gasteiger partial charge in [0.15, 0.2) is 0 Å². The molecule has 0 spiro atoms. The van der Waals surface area contributed by atoms with E-state index >= 15 is 0 Å². The van der Waals surface area contributed by atoms with Crippen molar-refractivity contribution in [3.05, 3.63) is 33.3 Å². The van der Waals surface area contributed by atoms with E-state index < -0.39 is 5.60 Å². The molecule has 7 nitrogen and oxygen atoms in total. The minimum atomic E-state index is -0.888. The van der Waals surface area contributed by atoms with E-state index in [4.69, 9.17) is 16.3 Å². The fourth-order valence-electron chi connectivity index (χ4n) is 4.65. The predicted molar refractivity (Wildman–Crippen MR) is 121 cm³/mol. The SMILES string of the molecule is CCc1cc(C2CCN(C/C(N)=C/N(N)CC3(O)CCOC3)C(C)C2)c(CCO)s1. The van der Waals surface area contributed by atoms with E-state index in [1.807, 2.05) is 11.3 Å². The van der Waals surface area contributed by atoms with Gasteiger partial charge in [-0.2, -0.15) is 0 Å². The molecule has 0 amide bonds. The first-order valence-corrected chi connectivity index (χ1v) is 11.9. The number of nitrogens with zero attached hydrogens (tertiary/aromatic N) is 2. The molecule has 0 bridgehead atoms. The molecule has 8 heteroatoms. The van der Waals surface area contributed by atoms with Gasteiger partial charge in [-0.15, -0.1) is 11.3 Å². The Morgan fingerprint density at radius 2 is 2.30 bits per heavy atom. The lowest BCUT2D eigenvalue weighted by molar-refractivity contribution is 0.00518. The molecule has 2 aliphatic heterocycles. The van der Waals surface area contributed by atoms with Gasteiger partial charge in [-0.3, -0.25) is 4.90 Å². The van der Waals surface area contributed by atoms with Crippen LogP contribution >= 0.6 is 11.3 Å².